The van der Waals surface area contributed by atoms with Gasteiger partial charge in [-0.05, 0) is 67.4 Å². The average Bonchev–Trinajstić information content (AvgIpc) is 2.33. The van der Waals surface area contributed by atoms with E-state index < -0.39 is 11.3 Å². The summed E-state index contributed by atoms with van der Waals surface area (Å²) in [4.78, 5) is 11.5. The zero-order valence-electron chi connectivity index (χ0n) is 17.8. The molecule has 0 rings (SSSR count). The highest BCUT2D eigenvalue weighted by molar-refractivity contribution is 5.87. The fourth-order valence-corrected chi connectivity index (χ4v) is 2.63. The Hall–Kier alpha value is -0.910. The van der Waals surface area contributed by atoms with Crippen LogP contribution in [-0.2, 0) is 14.3 Å². The van der Waals surface area contributed by atoms with Crippen molar-refractivity contribution >= 4 is 5.91 Å². The van der Waals surface area contributed by atoms with E-state index in [1.807, 2.05) is 48.5 Å². The van der Waals surface area contributed by atoms with Gasteiger partial charge in [-0.2, -0.15) is 0 Å². The van der Waals surface area contributed by atoms with Crippen LogP contribution in [0.25, 0.3) is 0 Å². The Morgan fingerprint density at radius 2 is 1.68 bits per heavy atom. The lowest BCUT2D eigenvalue weighted by molar-refractivity contribution is -0.155. The summed E-state index contributed by atoms with van der Waals surface area (Å²) in [6, 6.07) is 0. The molecular formula is C20H40N2O3. The van der Waals surface area contributed by atoms with Gasteiger partial charge in [0.05, 0.1) is 11.7 Å². The molecule has 5 heteroatoms. The third-order valence-electron chi connectivity index (χ3n) is 4.50. The highest BCUT2D eigenvalue weighted by Crippen LogP contribution is 2.35. The molecule has 0 aliphatic rings. The number of nitrogens with two attached hydrogens (primary N) is 1. The molecule has 0 heterocycles. The largest absolute Gasteiger partial charge is 0.376 e. The molecule has 1 amide bonds. The molecular weight excluding hydrogens is 316 g/mol. The normalized spacial score (nSPS) is 16.9. The predicted octanol–water partition coefficient (Wildman–Crippen LogP) is 3.77. The lowest BCUT2D eigenvalue weighted by Gasteiger charge is -2.44. The Bertz CT molecular complexity index is 448. The maximum Gasteiger partial charge on any atom is 0.243 e. The molecule has 0 aromatic heterocycles. The number of rotatable bonds is 10. The van der Waals surface area contributed by atoms with Crippen molar-refractivity contribution in [3.8, 4) is 0 Å². The topological polar surface area (TPSA) is 73.6 Å². The van der Waals surface area contributed by atoms with Crippen LogP contribution in [0.2, 0.25) is 0 Å². The first-order chi connectivity index (χ1) is 11.0. The molecule has 0 aromatic rings. The summed E-state index contributed by atoms with van der Waals surface area (Å²) in [5.74, 6) is -0.188. The molecule has 0 bridgehead atoms. The van der Waals surface area contributed by atoms with Gasteiger partial charge in [-0.15, -0.1) is 0 Å². The van der Waals surface area contributed by atoms with Crippen molar-refractivity contribution in [2.24, 2.45) is 11.1 Å². The van der Waals surface area contributed by atoms with Gasteiger partial charge in [0.2, 0.25) is 5.91 Å². The maximum absolute atomic E-state index is 11.5. The Morgan fingerprint density at radius 1 is 1.16 bits per heavy atom. The first-order valence-electron chi connectivity index (χ1n) is 9.07. The summed E-state index contributed by atoms with van der Waals surface area (Å²) in [6.45, 7) is 22.2. The van der Waals surface area contributed by atoms with Gasteiger partial charge in [0.25, 0.3) is 0 Å². The van der Waals surface area contributed by atoms with Crippen molar-refractivity contribution in [2.45, 2.75) is 98.1 Å². The summed E-state index contributed by atoms with van der Waals surface area (Å²) in [7, 11) is 0. The monoisotopic (exact) mass is 356 g/mol. The number of carbonyl (C=O) groups is 1. The number of ether oxygens (including phenoxy) is 2. The van der Waals surface area contributed by atoms with Gasteiger partial charge in [0.15, 0.2) is 0 Å². The third-order valence-corrected chi connectivity index (χ3v) is 4.50. The fourth-order valence-electron chi connectivity index (χ4n) is 2.63. The van der Waals surface area contributed by atoms with E-state index in [0.29, 0.717) is 13.0 Å². The molecule has 0 fully saturated rings. The van der Waals surface area contributed by atoms with Crippen molar-refractivity contribution in [3.63, 3.8) is 0 Å². The highest BCUT2D eigenvalue weighted by Gasteiger charge is 2.40. The van der Waals surface area contributed by atoms with E-state index in [1.165, 1.54) is 6.08 Å². The minimum atomic E-state index is -0.813. The Balaban J connectivity index is 4.75. The fraction of sp³-hybridized carbons (Fsp3) is 0.850. The number of hydrogen-bond acceptors (Lipinski definition) is 4. The van der Waals surface area contributed by atoms with Crippen LogP contribution in [0.4, 0.5) is 0 Å². The van der Waals surface area contributed by atoms with Crippen molar-refractivity contribution in [2.75, 3.05) is 6.61 Å². The molecule has 0 spiro atoms. The molecule has 148 valence electrons. The molecule has 0 saturated heterocycles. The van der Waals surface area contributed by atoms with Gasteiger partial charge < -0.3 is 20.5 Å². The number of hydrogen-bond donors (Lipinski definition) is 2. The van der Waals surface area contributed by atoms with Gasteiger partial charge >= 0.3 is 0 Å². The first-order valence-corrected chi connectivity index (χ1v) is 9.07. The van der Waals surface area contributed by atoms with Gasteiger partial charge in [-0.3, -0.25) is 4.79 Å². The molecule has 0 radical (unpaired) electrons. The number of nitrogens with one attached hydrogen (secondary N) is 1. The Kier molecular flexibility index (Phi) is 8.34. The van der Waals surface area contributed by atoms with E-state index in [4.69, 9.17) is 15.2 Å². The van der Waals surface area contributed by atoms with Crippen LogP contribution >= 0.6 is 0 Å². The van der Waals surface area contributed by atoms with Gasteiger partial charge in [-0.1, -0.05) is 20.4 Å². The van der Waals surface area contributed by atoms with Crippen LogP contribution in [0, 0.1) is 5.41 Å². The molecule has 3 N–H and O–H groups in total. The van der Waals surface area contributed by atoms with E-state index in [9.17, 15) is 4.79 Å². The summed E-state index contributed by atoms with van der Waals surface area (Å²) in [5, 5.41) is 2.91. The Morgan fingerprint density at radius 3 is 2.12 bits per heavy atom. The molecule has 2 unspecified atom stereocenters. The summed E-state index contributed by atoms with van der Waals surface area (Å²) in [6.07, 6.45) is 2.60. The van der Waals surface area contributed by atoms with Crippen LogP contribution in [0.3, 0.4) is 0 Å². The van der Waals surface area contributed by atoms with Gasteiger partial charge in [-0.25, -0.2) is 0 Å². The molecule has 2 atom stereocenters. The van der Waals surface area contributed by atoms with Crippen molar-refractivity contribution in [1.82, 2.24) is 5.32 Å². The second-order valence-corrected chi connectivity index (χ2v) is 9.41. The molecule has 5 nitrogen and oxygen atoms in total. The third kappa shape index (κ3) is 9.38. The van der Waals surface area contributed by atoms with Crippen molar-refractivity contribution in [1.29, 1.82) is 0 Å². The van der Waals surface area contributed by atoms with E-state index in [0.717, 1.165) is 6.42 Å². The molecule has 0 aliphatic carbocycles. The smallest absolute Gasteiger partial charge is 0.243 e. The average molecular weight is 357 g/mol. The van der Waals surface area contributed by atoms with E-state index in [1.54, 1.807) is 0 Å². The minimum absolute atomic E-state index is 0.113. The van der Waals surface area contributed by atoms with E-state index >= 15 is 0 Å². The van der Waals surface area contributed by atoms with Crippen molar-refractivity contribution < 1.29 is 14.3 Å². The molecule has 0 aliphatic heterocycles. The van der Waals surface area contributed by atoms with E-state index in [-0.39, 0.29) is 23.0 Å². The summed E-state index contributed by atoms with van der Waals surface area (Å²) in [5.41, 5.74) is 4.87. The quantitative estimate of drug-likeness (QED) is 0.461. The SMILES string of the molecule is C=CC(=O)NC(C)(C)CC(C)OC(C)(N)C(C)(C)CCOC(C)(C)C. The van der Waals surface area contributed by atoms with Crippen LogP contribution in [0.1, 0.15) is 75.2 Å². The zero-order valence-corrected chi connectivity index (χ0v) is 17.8. The van der Waals surface area contributed by atoms with Gasteiger partial charge in [0.1, 0.15) is 5.72 Å². The van der Waals surface area contributed by atoms with Crippen molar-refractivity contribution in [3.05, 3.63) is 12.7 Å². The molecule has 0 aromatic carbocycles. The number of amides is 1. The maximum atomic E-state index is 11.5. The summed E-state index contributed by atoms with van der Waals surface area (Å²) >= 11 is 0. The minimum Gasteiger partial charge on any atom is -0.376 e. The van der Waals surface area contributed by atoms with Crippen LogP contribution in [-0.4, -0.2) is 35.5 Å². The lowest BCUT2D eigenvalue weighted by Crippen LogP contribution is -2.55. The van der Waals surface area contributed by atoms with Crippen LogP contribution in [0.5, 0.6) is 0 Å². The van der Waals surface area contributed by atoms with E-state index in [2.05, 4.69) is 25.7 Å². The summed E-state index contributed by atoms with van der Waals surface area (Å²) < 4.78 is 12.0. The second-order valence-electron chi connectivity index (χ2n) is 9.41. The lowest BCUT2D eigenvalue weighted by atomic mass is 9.79. The number of carbonyl (C=O) groups excluding carboxylic acids is 1. The van der Waals surface area contributed by atoms with Gasteiger partial charge in [0, 0.05) is 17.6 Å². The second kappa shape index (κ2) is 8.65. The standard InChI is InChI=1S/C20H40N2O3/c1-11-16(23)22-19(8,9)14-15(2)25-20(10,21)18(6,7)12-13-24-17(3,4)5/h11,15H,1,12-14,21H2,2-10H3,(H,22,23). The zero-order chi connectivity index (χ0) is 20.1. The molecule has 0 saturated carbocycles. The predicted molar refractivity (Wildman–Crippen MR) is 104 cm³/mol. The van der Waals surface area contributed by atoms with Crippen LogP contribution < -0.4 is 11.1 Å². The molecule has 25 heavy (non-hydrogen) atoms. The van der Waals surface area contributed by atoms with Crippen LogP contribution in [0.15, 0.2) is 12.7 Å². The first kappa shape index (κ1) is 24.1. The Labute approximate surface area is 154 Å². The highest BCUT2D eigenvalue weighted by atomic mass is 16.5.